The molecular formula is C16H14N6. The first kappa shape index (κ1) is 12.6. The Bertz CT molecular complexity index is 966. The van der Waals surface area contributed by atoms with Gasteiger partial charge in [-0.15, -0.1) is 0 Å². The molecule has 0 saturated heterocycles. The van der Waals surface area contributed by atoms with Crippen LogP contribution in [0.2, 0.25) is 0 Å². The van der Waals surface area contributed by atoms with Crippen molar-refractivity contribution in [3.63, 3.8) is 0 Å². The molecule has 0 aliphatic carbocycles. The summed E-state index contributed by atoms with van der Waals surface area (Å²) in [5, 5.41) is 12.7. The Morgan fingerprint density at radius 2 is 2.00 bits per heavy atom. The van der Waals surface area contributed by atoms with Gasteiger partial charge in [-0.1, -0.05) is 6.07 Å². The fraction of sp³-hybridized carbons (Fsp3) is 0.0625. The highest BCUT2D eigenvalue weighted by Crippen LogP contribution is 2.30. The molecule has 0 bridgehead atoms. The van der Waals surface area contributed by atoms with E-state index in [9.17, 15) is 0 Å². The van der Waals surface area contributed by atoms with Crippen LogP contribution in [0.25, 0.3) is 33.3 Å². The van der Waals surface area contributed by atoms with E-state index in [1.165, 1.54) is 0 Å². The van der Waals surface area contributed by atoms with Gasteiger partial charge in [0.2, 0.25) is 0 Å². The molecule has 108 valence electrons. The zero-order valence-electron chi connectivity index (χ0n) is 12.0. The summed E-state index contributed by atoms with van der Waals surface area (Å²) in [4.78, 5) is 4.03. The van der Waals surface area contributed by atoms with Crippen LogP contribution in [0.3, 0.4) is 0 Å². The van der Waals surface area contributed by atoms with Gasteiger partial charge in [-0.25, -0.2) is 4.98 Å². The largest absolute Gasteiger partial charge is 0.384 e. The molecule has 0 aliphatic heterocycles. The molecule has 3 aromatic heterocycles. The minimum atomic E-state index is 0.483. The maximum Gasteiger partial charge on any atom is 0.123 e. The van der Waals surface area contributed by atoms with E-state index >= 15 is 0 Å². The second-order valence-electron chi connectivity index (χ2n) is 5.20. The number of nitrogens with one attached hydrogen (secondary N) is 1. The predicted octanol–water partition coefficient (Wildman–Crippen LogP) is 2.61. The quantitative estimate of drug-likeness (QED) is 0.594. The maximum atomic E-state index is 5.77. The Morgan fingerprint density at radius 1 is 1.09 bits per heavy atom. The molecule has 0 aliphatic rings. The lowest BCUT2D eigenvalue weighted by Gasteiger charge is -2.01. The highest BCUT2D eigenvalue weighted by Gasteiger charge is 2.10. The highest BCUT2D eigenvalue weighted by molar-refractivity contribution is 5.95. The van der Waals surface area contributed by atoms with E-state index in [0.717, 1.165) is 33.3 Å². The fourth-order valence-corrected chi connectivity index (χ4v) is 2.58. The van der Waals surface area contributed by atoms with E-state index in [2.05, 4.69) is 32.4 Å². The maximum absolute atomic E-state index is 5.77. The Morgan fingerprint density at radius 3 is 2.77 bits per heavy atom. The van der Waals surface area contributed by atoms with E-state index in [4.69, 9.17) is 5.73 Å². The van der Waals surface area contributed by atoms with Crippen molar-refractivity contribution < 1.29 is 0 Å². The van der Waals surface area contributed by atoms with Crippen molar-refractivity contribution >= 4 is 16.7 Å². The SMILES string of the molecule is Cn1cc(-c2ccc3[nH]nc(-c4ccnc(N)c4)c3c2)cn1. The standard InChI is InChI=1S/C16H14N6/c1-22-9-12(8-19-22)10-2-3-14-13(6-10)16(21-20-14)11-4-5-18-15(17)7-11/h2-9H,1H3,(H2,17,18)(H,20,21). The second kappa shape index (κ2) is 4.70. The fourth-order valence-electron chi connectivity index (χ4n) is 2.58. The lowest BCUT2D eigenvalue weighted by molar-refractivity contribution is 0.768. The third kappa shape index (κ3) is 2.01. The van der Waals surface area contributed by atoms with Gasteiger partial charge in [0.05, 0.1) is 11.7 Å². The third-order valence-electron chi connectivity index (χ3n) is 3.66. The summed E-state index contributed by atoms with van der Waals surface area (Å²) in [6.07, 6.45) is 5.53. The van der Waals surface area contributed by atoms with E-state index < -0.39 is 0 Å². The monoisotopic (exact) mass is 290 g/mol. The molecule has 1 aromatic carbocycles. The lowest BCUT2D eigenvalue weighted by atomic mass is 10.0. The van der Waals surface area contributed by atoms with Gasteiger partial charge in [0.15, 0.2) is 0 Å². The summed E-state index contributed by atoms with van der Waals surface area (Å²) < 4.78 is 1.79. The molecule has 0 radical (unpaired) electrons. The Labute approximate surface area is 126 Å². The summed E-state index contributed by atoms with van der Waals surface area (Å²) in [6, 6.07) is 9.93. The molecule has 3 heterocycles. The molecule has 4 aromatic rings. The second-order valence-corrected chi connectivity index (χ2v) is 5.20. The smallest absolute Gasteiger partial charge is 0.123 e. The summed E-state index contributed by atoms with van der Waals surface area (Å²) in [5.41, 5.74) is 10.8. The van der Waals surface area contributed by atoms with Crippen LogP contribution in [0, 0.1) is 0 Å². The van der Waals surface area contributed by atoms with Crippen LogP contribution in [0.5, 0.6) is 0 Å². The summed E-state index contributed by atoms with van der Waals surface area (Å²) in [6.45, 7) is 0. The first-order valence-corrected chi connectivity index (χ1v) is 6.90. The van der Waals surface area contributed by atoms with Gasteiger partial charge in [-0.2, -0.15) is 10.2 Å². The number of benzene rings is 1. The number of nitrogens with zero attached hydrogens (tertiary/aromatic N) is 4. The molecular weight excluding hydrogens is 276 g/mol. The highest BCUT2D eigenvalue weighted by atomic mass is 15.2. The molecule has 6 nitrogen and oxygen atoms in total. The number of hydrogen-bond acceptors (Lipinski definition) is 4. The van der Waals surface area contributed by atoms with Crippen molar-refractivity contribution in [3.8, 4) is 22.4 Å². The number of nitrogens with two attached hydrogens (primary N) is 1. The molecule has 6 heteroatoms. The average molecular weight is 290 g/mol. The number of pyridine rings is 1. The van der Waals surface area contributed by atoms with Crippen molar-refractivity contribution in [2.45, 2.75) is 0 Å². The Hall–Kier alpha value is -3.15. The van der Waals surface area contributed by atoms with Gasteiger partial charge >= 0.3 is 0 Å². The van der Waals surface area contributed by atoms with Crippen LogP contribution in [-0.2, 0) is 7.05 Å². The van der Waals surface area contributed by atoms with Crippen LogP contribution < -0.4 is 5.73 Å². The molecule has 0 amide bonds. The predicted molar refractivity (Wildman–Crippen MR) is 85.9 cm³/mol. The van der Waals surface area contributed by atoms with Crippen molar-refractivity contribution in [3.05, 3.63) is 48.9 Å². The van der Waals surface area contributed by atoms with Gasteiger partial charge in [-0.05, 0) is 29.8 Å². The number of aryl methyl sites for hydroxylation is 1. The number of aromatic nitrogens is 5. The van der Waals surface area contributed by atoms with Crippen LogP contribution in [0.4, 0.5) is 5.82 Å². The van der Waals surface area contributed by atoms with Crippen LogP contribution >= 0.6 is 0 Å². The lowest BCUT2D eigenvalue weighted by Crippen LogP contribution is -1.89. The molecule has 22 heavy (non-hydrogen) atoms. The van der Waals surface area contributed by atoms with Gasteiger partial charge in [0, 0.05) is 36.0 Å². The van der Waals surface area contributed by atoms with Crippen LogP contribution in [0.15, 0.2) is 48.9 Å². The zero-order chi connectivity index (χ0) is 15.1. The number of nitrogen functional groups attached to an aromatic ring is 1. The average Bonchev–Trinajstić information content (AvgIpc) is 3.12. The van der Waals surface area contributed by atoms with Crippen molar-refractivity contribution in [1.29, 1.82) is 0 Å². The normalized spacial score (nSPS) is 11.1. The minimum absolute atomic E-state index is 0.483. The number of H-pyrrole nitrogens is 1. The van der Waals surface area contributed by atoms with Crippen LogP contribution in [-0.4, -0.2) is 25.0 Å². The topological polar surface area (TPSA) is 85.4 Å². The molecule has 0 atom stereocenters. The minimum Gasteiger partial charge on any atom is -0.384 e. The number of anilines is 1. The van der Waals surface area contributed by atoms with Gasteiger partial charge in [-0.3, -0.25) is 9.78 Å². The molecule has 4 rings (SSSR count). The van der Waals surface area contributed by atoms with Gasteiger partial charge in [0.25, 0.3) is 0 Å². The number of aromatic amines is 1. The summed E-state index contributed by atoms with van der Waals surface area (Å²) in [5.74, 6) is 0.483. The Kier molecular flexibility index (Phi) is 2.69. The first-order valence-electron chi connectivity index (χ1n) is 6.90. The van der Waals surface area contributed by atoms with Crippen molar-refractivity contribution in [1.82, 2.24) is 25.0 Å². The first-order chi connectivity index (χ1) is 10.7. The van der Waals surface area contributed by atoms with Gasteiger partial charge < -0.3 is 5.73 Å². The van der Waals surface area contributed by atoms with E-state index in [0.29, 0.717) is 5.82 Å². The van der Waals surface area contributed by atoms with E-state index in [1.54, 1.807) is 10.9 Å². The van der Waals surface area contributed by atoms with Crippen molar-refractivity contribution in [2.24, 2.45) is 7.05 Å². The molecule has 0 spiro atoms. The third-order valence-corrected chi connectivity index (χ3v) is 3.66. The number of rotatable bonds is 2. The number of hydrogen-bond donors (Lipinski definition) is 2. The van der Waals surface area contributed by atoms with Crippen LogP contribution in [0.1, 0.15) is 0 Å². The van der Waals surface area contributed by atoms with E-state index in [1.807, 2.05) is 37.6 Å². The summed E-state index contributed by atoms with van der Waals surface area (Å²) in [7, 11) is 1.91. The van der Waals surface area contributed by atoms with Crippen molar-refractivity contribution in [2.75, 3.05) is 5.73 Å². The van der Waals surface area contributed by atoms with Gasteiger partial charge in [0.1, 0.15) is 11.5 Å². The zero-order valence-corrected chi connectivity index (χ0v) is 12.0. The summed E-state index contributed by atoms with van der Waals surface area (Å²) >= 11 is 0. The Balaban J connectivity index is 1.90. The molecule has 0 fully saturated rings. The van der Waals surface area contributed by atoms with E-state index in [-0.39, 0.29) is 0 Å². The molecule has 3 N–H and O–H groups in total. The molecule has 0 unspecified atom stereocenters. The number of fused-ring (bicyclic) bond motifs is 1. The molecule has 0 saturated carbocycles.